The second-order valence-electron chi connectivity index (χ2n) is 5.68. The third-order valence-corrected chi connectivity index (χ3v) is 4.11. The molecule has 0 bridgehead atoms. The minimum absolute atomic E-state index is 0.164. The number of nitrogens with two attached hydrogens (primary N) is 1. The molecule has 0 aliphatic rings. The first-order valence-electron chi connectivity index (χ1n) is 8.24. The van der Waals surface area contributed by atoms with Gasteiger partial charge in [-0.3, -0.25) is 9.88 Å². The lowest BCUT2D eigenvalue weighted by Crippen LogP contribution is -2.33. The van der Waals surface area contributed by atoms with Crippen molar-refractivity contribution >= 4 is 0 Å². The quantitative estimate of drug-likeness (QED) is 0.522. The fourth-order valence-electron chi connectivity index (χ4n) is 2.87. The normalized spacial score (nSPS) is 13.9. The van der Waals surface area contributed by atoms with Crippen LogP contribution in [0.1, 0.15) is 49.8 Å². The van der Waals surface area contributed by atoms with E-state index in [4.69, 9.17) is 5.73 Å². The second kappa shape index (κ2) is 9.22. The van der Waals surface area contributed by atoms with Crippen LogP contribution in [0.2, 0.25) is 0 Å². The Bertz CT molecular complexity index is 552. The minimum atomic E-state index is 0.164. The van der Waals surface area contributed by atoms with Crippen LogP contribution in [0.25, 0.3) is 0 Å². The van der Waals surface area contributed by atoms with Gasteiger partial charge in [-0.2, -0.15) is 0 Å². The van der Waals surface area contributed by atoms with Crippen molar-refractivity contribution in [3.63, 3.8) is 0 Å². The van der Waals surface area contributed by atoms with Crippen LogP contribution in [0, 0.1) is 0 Å². The molecule has 0 amide bonds. The summed E-state index contributed by atoms with van der Waals surface area (Å²) in [7, 11) is 0. The molecule has 0 spiro atoms. The Labute approximate surface area is 138 Å². The molecule has 0 saturated carbocycles. The van der Waals surface area contributed by atoms with Crippen LogP contribution in [0.5, 0.6) is 0 Å². The highest BCUT2D eigenvalue weighted by atomic mass is 15.2. The van der Waals surface area contributed by atoms with Gasteiger partial charge in [0.05, 0.1) is 11.7 Å². The fourth-order valence-corrected chi connectivity index (χ4v) is 2.87. The zero-order valence-electron chi connectivity index (χ0n) is 13.9. The molecule has 3 N–H and O–H groups in total. The lowest BCUT2D eigenvalue weighted by atomic mass is 10.1. The van der Waals surface area contributed by atoms with Crippen LogP contribution in [-0.4, -0.2) is 32.9 Å². The summed E-state index contributed by atoms with van der Waals surface area (Å²) < 4.78 is 0. The number of nitrogens with one attached hydrogen (secondary N) is 1. The Morgan fingerprint density at radius 1 is 1.30 bits per heavy atom. The Hall–Kier alpha value is -1.98. The molecule has 0 aliphatic heterocycles. The highest BCUT2D eigenvalue weighted by Gasteiger charge is 2.27. The molecule has 2 heterocycles. The van der Waals surface area contributed by atoms with Crippen molar-refractivity contribution in [3.8, 4) is 0 Å². The van der Waals surface area contributed by atoms with E-state index in [0.717, 1.165) is 43.9 Å². The standard InChI is InChI=1S/C18H27N5/c1-3-8-17(18-21-12-13-22-18)23(14-7-5-10-19)15(2)16-9-4-6-11-20-16/h3-4,6,9,11-13,15,17H,1,5,7-8,10,14,19H2,2H3,(H,21,22). The van der Waals surface area contributed by atoms with Crippen LogP contribution >= 0.6 is 0 Å². The van der Waals surface area contributed by atoms with Crippen molar-refractivity contribution in [1.82, 2.24) is 19.9 Å². The Kier molecular flexibility index (Phi) is 6.97. The molecule has 23 heavy (non-hydrogen) atoms. The maximum atomic E-state index is 5.67. The van der Waals surface area contributed by atoms with E-state index in [1.54, 1.807) is 6.20 Å². The third kappa shape index (κ3) is 4.74. The molecule has 0 aliphatic carbocycles. The average molecular weight is 313 g/mol. The molecule has 124 valence electrons. The van der Waals surface area contributed by atoms with Crippen LogP contribution < -0.4 is 5.73 Å². The first-order chi connectivity index (χ1) is 11.3. The first kappa shape index (κ1) is 17.4. The molecule has 5 nitrogen and oxygen atoms in total. The molecule has 2 aromatic heterocycles. The largest absolute Gasteiger partial charge is 0.347 e. The number of H-pyrrole nitrogens is 1. The minimum Gasteiger partial charge on any atom is -0.347 e. The summed E-state index contributed by atoms with van der Waals surface area (Å²) >= 11 is 0. The summed E-state index contributed by atoms with van der Waals surface area (Å²) in [6.07, 6.45) is 10.4. The number of aromatic nitrogens is 3. The second-order valence-corrected chi connectivity index (χ2v) is 5.68. The Morgan fingerprint density at radius 2 is 2.17 bits per heavy atom. The Balaban J connectivity index is 2.25. The van der Waals surface area contributed by atoms with Crippen molar-refractivity contribution in [2.45, 2.75) is 38.3 Å². The number of pyridine rings is 1. The van der Waals surface area contributed by atoms with E-state index in [-0.39, 0.29) is 12.1 Å². The summed E-state index contributed by atoms with van der Waals surface area (Å²) in [5, 5.41) is 0. The zero-order chi connectivity index (χ0) is 16.5. The summed E-state index contributed by atoms with van der Waals surface area (Å²) in [6.45, 7) is 7.79. The number of imidazole rings is 1. The van der Waals surface area contributed by atoms with E-state index < -0.39 is 0 Å². The highest BCUT2D eigenvalue weighted by molar-refractivity contribution is 5.10. The number of hydrogen-bond acceptors (Lipinski definition) is 4. The van der Waals surface area contributed by atoms with Crippen LogP contribution in [-0.2, 0) is 0 Å². The van der Waals surface area contributed by atoms with Crippen molar-refractivity contribution < 1.29 is 0 Å². The molecule has 0 saturated heterocycles. The van der Waals surface area contributed by atoms with Gasteiger partial charge >= 0.3 is 0 Å². The average Bonchev–Trinajstić information content (AvgIpc) is 3.12. The zero-order valence-corrected chi connectivity index (χ0v) is 13.9. The van der Waals surface area contributed by atoms with Gasteiger partial charge in [-0.25, -0.2) is 4.98 Å². The topological polar surface area (TPSA) is 70.8 Å². The highest BCUT2D eigenvalue weighted by Crippen LogP contribution is 2.31. The van der Waals surface area contributed by atoms with Gasteiger partial charge in [0, 0.05) is 24.6 Å². The Morgan fingerprint density at radius 3 is 2.78 bits per heavy atom. The third-order valence-electron chi connectivity index (χ3n) is 4.11. The molecular weight excluding hydrogens is 286 g/mol. The fraction of sp³-hybridized carbons (Fsp3) is 0.444. The number of aromatic amines is 1. The molecule has 2 unspecified atom stereocenters. The predicted molar refractivity (Wildman–Crippen MR) is 93.8 cm³/mol. The summed E-state index contributed by atoms with van der Waals surface area (Å²) in [4.78, 5) is 14.7. The maximum absolute atomic E-state index is 5.67. The van der Waals surface area contributed by atoms with Crippen LogP contribution in [0.4, 0.5) is 0 Å². The van der Waals surface area contributed by atoms with Crippen molar-refractivity contribution in [2.24, 2.45) is 5.73 Å². The summed E-state index contributed by atoms with van der Waals surface area (Å²) in [6, 6.07) is 6.42. The monoisotopic (exact) mass is 313 g/mol. The van der Waals surface area contributed by atoms with Gasteiger partial charge in [0.2, 0.25) is 0 Å². The van der Waals surface area contributed by atoms with E-state index in [9.17, 15) is 0 Å². The smallest absolute Gasteiger partial charge is 0.123 e. The van der Waals surface area contributed by atoms with E-state index >= 15 is 0 Å². The number of hydrogen-bond donors (Lipinski definition) is 2. The molecule has 2 rings (SSSR count). The van der Waals surface area contributed by atoms with E-state index in [0.29, 0.717) is 0 Å². The predicted octanol–water partition coefficient (Wildman–Crippen LogP) is 3.22. The summed E-state index contributed by atoms with van der Waals surface area (Å²) in [5.41, 5.74) is 6.74. The van der Waals surface area contributed by atoms with Crippen LogP contribution in [0.15, 0.2) is 49.4 Å². The van der Waals surface area contributed by atoms with Crippen molar-refractivity contribution in [2.75, 3.05) is 13.1 Å². The number of nitrogens with zero attached hydrogens (tertiary/aromatic N) is 3. The molecule has 2 aromatic rings. The SMILES string of the molecule is C=CCC(c1ncc[nH]1)N(CCCCN)C(C)c1ccccn1. The van der Waals surface area contributed by atoms with Gasteiger partial charge in [0.1, 0.15) is 5.82 Å². The molecule has 0 fully saturated rings. The van der Waals surface area contributed by atoms with Crippen LogP contribution in [0.3, 0.4) is 0 Å². The maximum Gasteiger partial charge on any atom is 0.123 e. The lowest BCUT2D eigenvalue weighted by molar-refractivity contribution is 0.133. The summed E-state index contributed by atoms with van der Waals surface area (Å²) in [5.74, 6) is 0.973. The van der Waals surface area contributed by atoms with Gasteiger partial charge < -0.3 is 10.7 Å². The molecule has 0 aromatic carbocycles. The van der Waals surface area contributed by atoms with E-state index in [2.05, 4.69) is 39.4 Å². The van der Waals surface area contributed by atoms with Gasteiger partial charge in [-0.15, -0.1) is 6.58 Å². The van der Waals surface area contributed by atoms with E-state index in [1.807, 2.05) is 30.6 Å². The van der Waals surface area contributed by atoms with Gasteiger partial charge in [-0.1, -0.05) is 12.1 Å². The van der Waals surface area contributed by atoms with Gasteiger partial charge in [-0.05, 0) is 51.4 Å². The van der Waals surface area contributed by atoms with Gasteiger partial charge in [0.25, 0.3) is 0 Å². The van der Waals surface area contributed by atoms with Crippen molar-refractivity contribution in [1.29, 1.82) is 0 Å². The van der Waals surface area contributed by atoms with E-state index in [1.165, 1.54) is 0 Å². The molecule has 0 radical (unpaired) electrons. The molecule has 2 atom stereocenters. The first-order valence-corrected chi connectivity index (χ1v) is 8.24. The number of unbranched alkanes of at least 4 members (excludes halogenated alkanes) is 1. The lowest BCUT2D eigenvalue weighted by Gasteiger charge is -2.35. The molecular formula is C18H27N5. The van der Waals surface area contributed by atoms with Crippen molar-refractivity contribution in [3.05, 3.63) is 61.0 Å². The molecule has 5 heteroatoms. The van der Waals surface area contributed by atoms with Gasteiger partial charge in [0.15, 0.2) is 0 Å². The number of rotatable bonds is 10.